The Morgan fingerprint density at radius 3 is 1.79 bits per heavy atom. The van der Waals surface area contributed by atoms with E-state index >= 15 is 0 Å². The maximum absolute atomic E-state index is 8.43. The summed E-state index contributed by atoms with van der Waals surface area (Å²) in [6.07, 6.45) is 1.45. The summed E-state index contributed by atoms with van der Waals surface area (Å²) in [7, 11) is 0. The summed E-state index contributed by atoms with van der Waals surface area (Å²) in [6.45, 7) is 0. The van der Waals surface area contributed by atoms with Gasteiger partial charge in [0.15, 0.2) is 5.82 Å². The summed E-state index contributed by atoms with van der Waals surface area (Å²) in [5.41, 5.74) is 13.0. The van der Waals surface area contributed by atoms with Crippen molar-refractivity contribution < 1.29 is 0 Å². The van der Waals surface area contributed by atoms with Crippen LogP contribution in [0.1, 0.15) is 27.8 Å². The smallest absolute Gasteiger partial charge is 0.160 e. The average Bonchev–Trinajstić information content (AvgIpc) is 3.15. The molecular weight excluding hydrogens is 573 g/mol. The first-order chi connectivity index (χ1) is 23.3. The third-order valence-electron chi connectivity index (χ3n) is 8.61. The van der Waals surface area contributed by atoms with Crippen molar-refractivity contribution in [1.29, 1.82) is 5.41 Å². The molecule has 1 aliphatic rings. The minimum atomic E-state index is 0.692. The molecule has 2 N–H and O–H groups in total. The van der Waals surface area contributed by atoms with Gasteiger partial charge in [-0.05, 0) is 28.3 Å². The van der Waals surface area contributed by atoms with Crippen LogP contribution >= 0.6 is 0 Å². The van der Waals surface area contributed by atoms with Gasteiger partial charge in [0.25, 0.3) is 0 Å². The van der Waals surface area contributed by atoms with Crippen LogP contribution in [0.3, 0.4) is 0 Å². The topological polar surface area (TPSA) is 61.7 Å². The Balaban J connectivity index is 1.29. The Hall–Kier alpha value is -6.39. The molecule has 0 bridgehead atoms. The molecule has 0 aliphatic carbocycles. The van der Waals surface area contributed by atoms with Crippen LogP contribution in [0.25, 0.3) is 56.1 Å². The highest BCUT2D eigenvalue weighted by atomic mass is 14.9. The molecule has 8 rings (SSSR count). The maximum atomic E-state index is 8.43. The van der Waals surface area contributed by atoms with Gasteiger partial charge in [-0.3, -0.25) is 0 Å². The lowest BCUT2D eigenvalue weighted by Gasteiger charge is -2.29. The predicted octanol–water partition coefficient (Wildman–Crippen LogP) is 10.0. The highest BCUT2D eigenvalue weighted by Crippen LogP contribution is 2.42. The molecule has 0 unspecified atom stereocenters. The molecule has 2 heterocycles. The summed E-state index contributed by atoms with van der Waals surface area (Å²) < 4.78 is 0. The van der Waals surface area contributed by atoms with Gasteiger partial charge in [-0.1, -0.05) is 158 Å². The van der Waals surface area contributed by atoms with Crippen LogP contribution in [-0.4, -0.2) is 16.2 Å². The largest absolute Gasteiger partial charge is 0.353 e. The second-order valence-electron chi connectivity index (χ2n) is 11.4. The Morgan fingerprint density at radius 1 is 0.511 bits per heavy atom. The van der Waals surface area contributed by atoms with E-state index in [9.17, 15) is 0 Å². The number of hydrogen-bond donors (Lipinski definition) is 2. The SMILES string of the molecule is N=C/C(=C1\NC(c2ccccc2)=C(c2ccc(-c3nc(-c4ccccc4)c4ccccc4n3)cc2)c2ccccc21)c1ccccc1. The molecule has 0 saturated heterocycles. The van der Waals surface area contributed by atoms with Crippen molar-refractivity contribution in [2.45, 2.75) is 0 Å². The van der Waals surface area contributed by atoms with Crippen molar-refractivity contribution in [2.24, 2.45) is 0 Å². The molecule has 222 valence electrons. The van der Waals surface area contributed by atoms with Gasteiger partial charge < -0.3 is 10.7 Å². The van der Waals surface area contributed by atoms with Crippen LogP contribution in [0.2, 0.25) is 0 Å². The minimum Gasteiger partial charge on any atom is -0.353 e. The van der Waals surface area contributed by atoms with Gasteiger partial charge >= 0.3 is 0 Å². The van der Waals surface area contributed by atoms with Crippen LogP contribution in [0.4, 0.5) is 0 Å². The van der Waals surface area contributed by atoms with E-state index in [1.165, 1.54) is 6.21 Å². The number of nitrogens with one attached hydrogen (secondary N) is 2. The standard InChI is InChI=1S/C43H30N4/c44-28-37(29-14-4-1-5-15-29)42-35-21-11-10-20-34(35)39(41(46-42)32-18-8-3-9-19-32)30-24-26-33(27-25-30)43-45-38-23-13-12-22-36(38)40(47-43)31-16-6-2-7-17-31/h1-28,44,46H/b42-37+,44-28?. The summed E-state index contributed by atoms with van der Waals surface area (Å²) in [4.78, 5) is 10.1. The van der Waals surface area contributed by atoms with Gasteiger partial charge in [0.05, 0.1) is 22.6 Å². The van der Waals surface area contributed by atoms with Crippen LogP contribution in [0.5, 0.6) is 0 Å². The normalized spacial score (nSPS) is 13.5. The van der Waals surface area contributed by atoms with E-state index in [0.717, 1.165) is 78.1 Å². The van der Waals surface area contributed by atoms with Gasteiger partial charge in [0.2, 0.25) is 0 Å². The molecule has 4 heteroatoms. The lowest BCUT2D eigenvalue weighted by molar-refractivity contribution is 1.20. The summed E-state index contributed by atoms with van der Waals surface area (Å²) in [6, 6.07) is 56.0. The fourth-order valence-corrected chi connectivity index (χ4v) is 6.37. The van der Waals surface area contributed by atoms with E-state index < -0.39 is 0 Å². The molecule has 0 radical (unpaired) electrons. The third-order valence-corrected chi connectivity index (χ3v) is 8.61. The van der Waals surface area contributed by atoms with Crippen LogP contribution in [-0.2, 0) is 0 Å². The number of rotatable bonds is 6. The Morgan fingerprint density at radius 2 is 1.09 bits per heavy atom. The lowest BCUT2D eigenvalue weighted by Crippen LogP contribution is -2.21. The van der Waals surface area contributed by atoms with Crippen molar-refractivity contribution in [3.05, 3.63) is 192 Å². The molecular formula is C43H30N4. The number of nitrogens with zero attached hydrogens (tertiary/aromatic N) is 2. The van der Waals surface area contributed by atoms with Gasteiger partial charge in [0.1, 0.15) is 0 Å². The number of para-hydroxylation sites is 1. The highest BCUT2D eigenvalue weighted by Gasteiger charge is 2.26. The second-order valence-corrected chi connectivity index (χ2v) is 11.4. The molecule has 7 aromatic rings. The van der Waals surface area contributed by atoms with E-state index in [0.29, 0.717) is 5.82 Å². The van der Waals surface area contributed by atoms with Gasteiger partial charge in [-0.15, -0.1) is 0 Å². The molecule has 0 atom stereocenters. The summed E-state index contributed by atoms with van der Waals surface area (Å²) in [5, 5.41) is 13.3. The average molecular weight is 603 g/mol. The van der Waals surface area contributed by atoms with Crippen LogP contribution in [0.15, 0.2) is 164 Å². The Kier molecular flexibility index (Phi) is 7.29. The Labute approximate surface area is 274 Å². The van der Waals surface area contributed by atoms with Crippen LogP contribution in [0, 0.1) is 5.41 Å². The van der Waals surface area contributed by atoms with Crippen LogP contribution < -0.4 is 5.32 Å². The molecule has 0 amide bonds. The molecule has 1 aliphatic heterocycles. The Bertz CT molecular complexity index is 2300. The molecule has 6 aromatic carbocycles. The van der Waals surface area contributed by atoms with Crippen molar-refractivity contribution >= 4 is 39.7 Å². The number of aromatic nitrogens is 2. The first-order valence-corrected chi connectivity index (χ1v) is 15.7. The molecule has 0 spiro atoms. The number of fused-ring (bicyclic) bond motifs is 2. The fraction of sp³-hybridized carbons (Fsp3) is 0. The predicted molar refractivity (Wildman–Crippen MR) is 194 cm³/mol. The van der Waals surface area contributed by atoms with Crippen molar-refractivity contribution in [3.8, 4) is 22.6 Å². The minimum absolute atomic E-state index is 0.692. The number of benzene rings is 6. The van der Waals surface area contributed by atoms with E-state index in [2.05, 4.69) is 108 Å². The maximum Gasteiger partial charge on any atom is 0.160 e. The summed E-state index contributed by atoms with van der Waals surface area (Å²) >= 11 is 0. The first kappa shape index (κ1) is 28.1. The first-order valence-electron chi connectivity index (χ1n) is 15.7. The van der Waals surface area contributed by atoms with E-state index in [4.69, 9.17) is 15.4 Å². The van der Waals surface area contributed by atoms with Crippen molar-refractivity contribution in [3.63, 3.8) is 0 Å². The van der Waals surface area contributed by atoms with Gasteiger partial charge in [-0.2, -0.15) is 0 Å². The number of allylic oxidation sites excluding steroid dienone is 1. The van der Waals surface area contributed by atoms with Crippen molar-refractivity contribution in [1.82, 2.24) is 15.3 Å². The highest BCUT2D eigenvalue weighted by molar-refractivity contribution is 6.21. The lowest BCUT2D eigenvalue weighted by atomic mass is 9.84. The van der Waals surface area contributed by atoms with Gasteiger partial charge in [-0.25, -0.2) is 9.97 Å². The fourth-order valence-electron chi connectivity index (χ4n) is 6.37. The van der Waals surface area contributed by atoms with Gasteiger partial charge in [0, 0.05) is 39.4 Å². The zero-order valence-electron chi connectivity index (χ0n) is 25.6. The zero-order valence-corrected chi connectivity index (χ0v) is 25.6. The van der Waals surface area contributed by atoms with E-state index in [-0.39, 0.29) is 0 Å². The second kappa shape index (κ2) is 12.2. The zero-order chi connectivity index (χ0) is 31.6. The number of hydrogen-bond acceptors (Lipinski definition) is 4. The molecule has 4 nitrogen and oxygen atoms in total. The quantitative estimate of drug-likeness (QED) is 0.186. The molecule has 0 fully saturated rings. The third kappa shape index (κ3) is 5.22. The molecule has 1 aromatic heterocycles. The molecule has 0 saturated carbocycles. The molecule has 47 heavy (non-hydrogen) atoms. The van der Waals surface area contributed by atoms with Crippen molar-refractivity contribution in [2.75, 3.05) is 0 Å². The van der Waals surface area contributed by atoms with E-state index in [1.807, 2.05) is 60.7 Å². The summed E-state index contributed by atoms with van der Waals surface area (Å²) in [5.74, 6) is 0.692. The van der Waals surface area contributed by atoms with E-state index in [1.54, 1.807) is 0 Å². The monoisotopic (exact) mass is 602 g/mol.